The van der Waals surface area contributed by atoms with Crippen LogP contribution >= 0.6 is 0 Å². The van der Waals surface area contributed by atoms with E-state index in [0.717, 1.165) is 29.2 Å². The number of rotatable bonds is 6. The van der Waals surface area contributed by atoms with E-state index in [-0.39, 0.29) is 0 Å². The van der Waals surface area contributed by atoms with E-state index in [1.54, 1.807) is 0 Å². The molecule has 47 heavy (non-hydrogen) atoms. The van der Waals surface area contributed by atoms with Crippen molar-refractivity contribution in [2.24, 2.45) is 0 Å². The summed E-state index contributed by atoms with van der Waals surface area (Å²) in [5, 5.41) is 4.97. The van der Waals surface area contributed by atoms with Crippen molar-refractivity contribution in [3.05, 3.63) is 193 Å². The molecule has 0 aromatic heterocycles. The molecule has 1 aliphatic carbocycles. The summed E-state index contributed by atoms with van der Waals surface area (Å²) in [5.74, 6) is 0. The van der Waals surface area contributed by atoms with Crippen molar-refractivity contribution in [2.45, 2.75) is 6.42 Å². The van der Waals surface area contributed by atoms with Gasteiger partial charge in [-0.2, -0.15) is 0 Å². The number of fused-ring (bicyclic) bond motifs is 5. The lowest BCUT2D eigenvalue weighted by Crippen LogP contribution is -2.10. The van der Waals surface area contributed by atoms with E-state index < -0.39 is 0 Å². The van der Waals surface area contributed by atoms with E-state index in [2.05, 4.69) is 192 Å². The Kier molecular flexibility index (Phi) is 6.57. The van der Waals surface area contributed by atoms with Gasteiger partial charge in [-0.1, -0.05) is 109 Å². The first-order valence-electron chi connectivity index (χ1n) is 16.2. The molecule has 222 valence electrons. The van der Waals surface area contributed by atoms with E-state index in [9.17, 15) is 0 Å². The summed E-state index contributed by atoms with van der Waals surface area (Å²) in [7, 11) is 0. The van der Waals surface area contributed by atoms with Crippen LogP contribution in [0.15, 0.2) is 182 Å². The van der Waals surface area contributed by atoms with E-state index >= 15 is 0 Å². The van der Waals surface area contributed by atoms with E-state index in [4.69, 9.17) is 0 Å². The van der Waals surface area contributed by atoms with Crippen LogP contribution in [-0.4, -0.2) is 0 Å². The number of anilines is 6. The molecule has 0 bridgehead atoms. The lowest BCUT2D eigenvalue weighted by atomic mass is 10.0. The molecule has 0 atom stereocenters. The van der Waals surface area contributed by atoms with Gasteiger partial charge in [0.1, 0.15) is 0 Å². The van der Waals surface area contributed by atoms with Gasteiger partial charge in [-0.05, 0) is 123 Å². The minimum absolute atomic E-state index is 0.896. The Morgan fingerprint density at radius 2 is 0.638 bits per heavy atom. The van der Waals surface area contributed by atoms with Crippen molar-refractivity contribution >= 4 is 55.7 Å². The second-order valence-electron chi connectivity index (χ2n) is 12.3. The van der Waals surface area contributed by atoms with Gasteiger partial charge in [0.15, 0.2) is 0 Å². The van der Waals surface area contributed by atoms with Gasteiger partial charge >= 0.3 is 0 Å². The third-order valence-corrected chi connectivity index (χ3v) is 9.38. The van der Waals surface area contributed by atoms with Gasteiger partial charge < -0.3 is 9.80 Å². The molecule has 1 aliphatic rings. The zero-order chi connectivity index (χ0) is 31.2. The molecule has 0 saturated carbocycles. The van der Waals surface area contributed by atoms with Gasteiger partial charge in [-0.3, -0.25) is 0 Å². The van der Waals surface area contributed by atoms with Crippen molar-refractivity contribution < 1.29 is 0 Å². The normalized spacial score (nSPS) is 11.7. The van der Waals surface area contributed by atoms with Gasteiger partial charge in [-0.25, -0.2) is 0 Å². The minimum atomic E-state index is 0.896. The lowest BCUT2D eigenvalue weighted by molar-refractivity contribution is 1.22. The Morgan fingerprint density at radius 3 is 1.09 bits per heavy atom. The molecule has 0 heterocycles. The summed E-state index contributed by atoms with van der Waals surface area (Å²) >= 11 is 0. The van der Waals surface area contributed by atoms with Crippen LogP contribution in [0.1, 0.15) is 11.1 Å². The van der Waals surface area contributed by atoms with E-state index in [1.807, 2.05) is 0 Å². The van der Waals surface area contributed by atoms with Crippen molar-refractivity contribution in [3.63, 3.8) is 0 Å². The first kappa shape index (κ1) is 27.2. The van der Waals surface area contributed by atoms with Crippen molar-refractivity contribution in [2.75, 3.05) is 9.80 Å². The van der Waals surface area contributed by atoms with Crippen LogP contribution in [0.25, 0.3) is 32.7 Å². The molecule has 0 spiro atoms. The molecule has 0 amide bonds. The van der Waals surface area contributed by atoms with E-state index in [1.165, 1.54) is 55.2 Å². The number of nitrogens with zero attached hydrogens (tertiary/aromatic N) is 2. The standard InChI is InChI=1S/C45H32N2/c1-3-15-38(16-4-1)46(40-21-19-32-11-7-9-13-34(32)28-40)42-23-25-44-36(30-42)27-37-31-43(24-26-45(37)44)47(39-17-5-2-6-18-39)41-22-20-33-12-8-10-14-35(33)29-41/h1-26,28-31H,27H2. The molecule has 0 radical (unpaired) electrons. The Hall–Kier alpha value is -6.12. The quantitative estimate of drug-likeness (QED) is 0.187. The smallest absolute Gasteiger partial charge is 0.0468 e. The van der Waals surface area contributed by atoms with Crippen LogP contribution in [0, 0.1) is 0 Å². The van der Waals surface area contributed by atoms with Crippen LogP contribution in [0.3, 0.4) is 0 Å². The summed E-state index contributed by atoms with van der Waals surface area (Å²) in [6.45, 7) is 0. The second kappa shape index (κ2) is 11.3. The topological polar surface area (TPSA) is 6.48 Å². The molecule has 0 N–H and O–H groups in total. The average Bonchev–Trinajstić information content (AvgIpc) is 3.50. The molecule has 8 aromatic carbocycles. The molecule has 2 nitrogen and oxygen atoms in total. The largest absolute Gasteiger partial charge is 0.310 e. The maximum atomic E-state index is 2.38. The number of para-hydroxylation sites is 2. The maximum absolute atomic E-state index is 2.38. The highest BCUT2D eigenvalue weighted by molar-refractivity contribution is 5.92. The summed E-state index contributed by atoms with van der Waals surface area (Å²) in [4.78, 5) is 4.75. The van der Waals surface area contributed by atoms with Gasteiger partial charge in [-0.15, -0.1) is 0 Å². The van der Waals surface area contributed by atoms with Crippen LogP contribution in [0.2, 0.25) is 0 Å². The van der Waals surface area contributed by atoms with Gasteiger partial charge in [0.25, 0.3) is 0 Å². The van der Waals surface area contributed by atoms with Crippen LogP contribution in [-0.2, 0) is 6.42 Å². The monoisotopic (exact) mass is 600 g/mol. The Balaban J connectivity index is 1.11. The third kappa shape index (κ3) is 4.92. The molecule has 0 saturated heterocycles. The Bertz CT molecular complexity index is 2220. The molecule has 2 heteroatoms. The Morgan fingerprint density at radius 1 is 0.277 bits per heavy atom. The van der Waals surface area contributed by atoms with Gasteiger partial charge in [0, 0.05) is 34.1 Å². The summed E-state index contributed by atoms with van der Waals surface area (Å²) in [6, 6.07) is 65.9. The lowest BCUT2D eigenvalue weighted by Gasteiger charge is -2.26. The maximum Gasteiger partial charge on any atom is 0.0468 e. The predicted molar refractivity (Wildman–Crippen MR) is 199 cm³/mol. The highest BCUT2D eigenvalue weighted by Gasteiger charge is 2.23. The van der Waals surface area contributed by atoms with Crippen LogP contribution in [0.4, 0.5) is 34.1 Å². The molecule has 9 rings (SSSR count). The van der Waals surface area contributed by atoms with Crippen LogP contribution in [0.5, 0.6) is 0 Å². The van der Waals surface area contributed by atoms with Crippen molar-refractivity contribution in [1.82, 2.24) is 0 Å². The number of benzene rings is 8. The Labute approximate surface area is 275 Å². The number of hydrogen-bond donors (Lipinski definition) is 0. The molecular weight excluding hydrogens is 569 g/mol. The molecular formula is C45H32N2. The fourth-order valence-corrected chi connectivity index (χ4v) is 7.14. The molecule has 0 aliphatic heterocycles. The predicted octanol–water partition coefficient (Wildman–Crippen LogP) is 12.5. The van der Waals surface area contributed by atoms with Crippen LogP contribution < -0.4 is 9.80 Å². The first-order chi connectivity index (χ1) is 23.3. The zero-order valence-corrected chi connectivity index (χ0v) is 25.9. The average molecular weight is 601 g/mol. The number of hydrogen-bond acceptors (Lipinski definition) is 2. The van der Waals surface area contributed by atoms with Crippen molar-refractivity contribution in [3.8, 4) is 11.1 Å². The molecule has 0 fully saturated rings. The zero-order valence-electron chi connectivity index (χ0n) is 25.9. The van der Waals surface area contributed by atoms with Gasteiger partial charge in [0.05, 0.1) is 0 Å². The third-order valence-electron chi connectivity index (χ3n) is 9.38. The minimum Gasteiger partial charge on any atom is -0.310 e. The summed E-state index contributed by atoms with van der Waals surface area (Å²) in [6.07, 6.45) is 0.896. The fourth-order valence-electron chi connectivity index (χ4n) is 7.14. The molecule has 8 aromatic rings. The summed E-state index contributed by atoms with van der Waals surface area (Å²) < 4.78 is 0. The highest BCUT2D eigenvalue weighted by atomic mass is 15.1. The van der Waals surface area contributed by atoms with E-state index in [0.29, 0.717) is 0 Å². The first-order valence-corrected chi connectivity index (χ1v) is 16.2. The van der Waals surface area contributed by atoms with Gasteiger partial charge in [0.2, 0.25) is 0 Å². The summed E-state index contributed by atoms with van der Waals surface area (Å²) in [5.41, 5.74) is 12.3. The fraction of sp³-hybridized carbons (Fsp3) is 0.0222. The molecule has 0 unspecified atom stereocenters. The second-order valence-corrected chi connectivity index (χ2v) is 12.3. The SMILES string of the molecule is c1ccc(N(c2ccc3c(c2)Cc2cc(N(c4ccccc4)c4ccc5ccccc5c4)ccc2-3)c2ccc3ccccc3c2)cc1. The van der Waals surface area contributed by atoms with Crippen molar-refractivity contribution in [1.29, 1.82) is 0 Å². The highest BCUT2D eigenvalue weighted by Crippen LogP contribution is 2.45.